The maximum atomic E-state index is 12.9. The Morgan fingerprint density at radius 1 is 1.25 bits per heavy atom. The standard InChI is InChI=1S/C23H32N2O3/c1-4-9-28-22(27)24-20-10-17(11-20)21(26)25-13-19-12-23(19,14-25)18-7-5-16(6-8-18)15(2)3/h5-8,15,17,19-20H,4,9-14H2,1-3H3,(H,24,27)/t17-,19-,20+,23+/m0/s1. The summed E-state index contributed by atoms with van der Waals surface area (Å²) in [7, 11) is 0. The minimum absolute atomic E-state index is 0.0503. The maximum absolute atomic E-state index is 12.9. The third kappa shape index (κ3) is 3.51. The minimum Gasteiger partial charge on any atom is -0.450 e. The minimum atomic E-state index is -0.357. The van der Waals surface area contributed by atoms with E-state index < -0.39 is 0 Å². The fourth-order valence-corrected chi connectivity index (χ4v) is 4.90. The average molecular weight is 385 g/mol. The molecule has 1 heterocycles. The van der Waals surface area contributed by atoms with Gasteiger partial charge in [0, 0.05) is 30.5 Å². The first-order valence-corrected chi connectivity index (χ1v) is 10.8. The number of likely N-dealkylation sites (tertiary alicyclic amines) is 1. The van der Waals surface area contributed by atoms with E-state index >= 15 is 0 Å². The number of benzene rings is 1. The summed E-state index contributed by atoms with van der Waals surface area (Å²) in [6.45, 7) is 8.58. The Hall–Kier alpha value is -2.04. The molecular weight excluding hydrogens is 352 g/mol. The number of nitrogens with zero attached hydrogens (tertiary/aromatic N) is 1. The summed E-state index contributed by atoms with van der Waals surface area (Å²) in [4.78, 5) is 26.6. The zero-order chi connectivity index (χ0) is 19.9. The fraction of sp³-hybridized carbons (Fsp3) is 0.652. The SMILES string of the molecule is CCCOC(=O)N[C@H]1C[C@@H](C(=O)N2C[C@@H]3C[C@]3(c3ccc(C(C)C)cc3)C2)C1. The molecule has 152 valence electrons. The lowest BCUT2D eigenvalue weighted by molar-refractivity contribution is -0.138. The number of fused-ring (bicyclic) bond motifs is 1. The van der Waals surface area contributed by atoms with Crippen molar-refractivity contribution in [1.29, 1.82) is 0 Å². The van der Waals surface area contributed by atoms with Gasteiger partial charge in [-0.1, -0.05) is 45.0 Å². The normalized spacial score (nSPS) is 30.6. The van der Waals surface area contributed by atoms with E-state index in [1.165, 1.54) is 17.5 Å². The lowest BCUT2D eigenvalue weighted by Gasteiger charge is -2.37. The van der Waals surface area contributed by atoms with Crippen LogP contribution in [0.1, 0.15) is 63.5 Å². The Labute approximate surface area is 167 Å². The first-order chi connectivity index (χ1) is 13.4. The van der Waals surface area contributed by atoms with Crippen molar-refractivity contribution in [3.05, 3.63) is 35.4 Å². The summed E-state index contributed by atoms with van der Waals surface area (Å²) in [5.74, 6) is 1.47. The number of rotatable bonds is 6. The molecule has 1 N–H and O–H groups in total. The summed E-state index contributed by atoms with van der Waals surface area (Å²) < 4.78 is 5.05. The highest BCUT2D eigenvalue weighted by atomic mass is 16.5. The van der Waals surface area contributed by atoms with Crippen LogP contribution in [0.3, 0.4) is 0 Å². The van der Waals surface area contributed by atoms with Crippen molar-refractivity contribution in [2.45, 2.75) is 63.8 Å². The molecule has 5 nitrogen and oxygen atoms in total. The second-order valence-corrected chi connectivity index (χ2v) is 9.20. The third-order valence-corrected chi connectivity index (χ3v) is 6.86. The Balaban J connectivity index is 1.28. The molecule has 2 amide bonds. The van der Waals surface area contributed by atoms with Crippen LogP contribution in [0.15, 0.2) is 24.3 Å². The van der Waals surface area contributed by atoms with Crippen LogP contribution in [0, 0.1) is 11.8 Å². The topological polar surface area (TPSA) is 58.6 Å². The van der Waals surface area contributed by atoms with Gasteiger partial charge in [0.05, 0.1) is 6.61 Å². The highest BCUT2D eigenvalue weighted by molar-refractivity contribution is 5.81. The Kier molecular flexibility index (Phi) is 5.11. The monoisotopic (exact) mass is 384 g/mol. The van der Waals surface area contributed by atoms with Crippen LogP contribution in [-0.4, -0.2) is 42.6 Å². The van der Waals surface area contributed by atoms with Gasteiger partial charge in [0.25, 0.3) is 0 Å². The van der Waals surface area contributed by atoms with E-state index in [0.29, 0.717) is 18.4 Å². The second-order valence-electron chi connectivity index (χ2n) is 9.20. The van der Waals surface area contributed by atoms with E-state index in [4.69, 9.17) is 4.74 Å². The molecular formula is C23H32N2O3. The lowest BCUT2D eigenvalue weighted by atomic mass is 9.79. The molecule has 0 unspecified atom stereocenters. The molecule has 0 aromatic heterocycles. The van der Waals surface area contributed by atoms with Crippen LogP contribution in [0.2, 0.25) is 0 Å². The van der Waals surface area contributed by atoms with E-state index in [9.17, 15) is 9.59 Å². The van der Waals surface area contributed by atoms with Gasteiger partial charge in [-0.25, -0.2) is 4.79 Å². The van der Waals surface area contributed by atoms with Gasteiger partial charge < -0.3 is 15.0 Å². The van der Waals surface area contributed by atoms with E-state index in [-0.39, 0.29) is 29.4 Å². The maximum Gasteiger partial charge on any atom is 0.407 e. The van der Waals surface area contributed by atoms with Gasteiger partial charge in [0.2, 0.25) is 5.91 Å². The summed E-state index contributed by atoms with van der Waals surface area (Å²) >= 11 is 0. The Morgan fingerprint density at radius 2 is 1.96 bits per heavy atom. The molecule has 3 aliphatic rings. The molecule has 0 spiro atoms. The van der Waals surface area contributed by atoms with Crippen LogP contribution in [0.25, 0.3) is 0 Å². The lowest BCUT2D eigenvalue weighted by Crippen LogP contribution is -2.50. The third-order valence-electron chi connectivity index (χ3n) is 6.86. The van der Waals surface area contributed by atoms with Gasteiger partial charge in [-0.15, -0.1) is 0 Å². The first-order valence-electron chi connectivity index (χ1n) is 10.8. The summed E-state index contributed by atoms with van der Waals surface area (Å²) in [5.41, 5.74) is 2.95. The molecule has 1 aliphatic heterocycles. The Morgan fingerprint density at radius 3 is 2.61 bits per heavy atom. The van der Waals surface area contributed by atoms with Crippen LogP contribution < -0.4 is 5.32 Å². The molecule has 1 saturated heterocycles. The van der Waals surface area contributed by atoms with E-state index in [0.717, 1.165) is 32.4 Å². The highest BCUT2D eigenvalue weighted by Crippen LogP contribution is 2.59. The zero-order valence-electron chi connectivity index (χ0n) is 17.2. The molecule has 0 radical (unpaired) electrons. The van der Waals surface area contributed by atoms with E-state index in [2.05, 4.69) is 48.3 Å². The van der Waals surface area contributed by atoms with Crippen molar-refractivity contribution < 1.29 is 14.3 Å². The predicted octanol–water partition coefficient (Wildman–Crippen LogP) is 3.82. The molecule has 28 heavy (non-hydrogen) atoms. The van der Waals surface area contributed by atoms with Crippen molar-refractivity contribution in [1.82, 2.24) is 10.2 Å². The Bertz CT molecular complexity index is 739. The number of alkyl carbamates (subject to hydrolysis) is 1. The van der Waals surface area contributed by atoms with Gasteiger partial charge in [0.15, 0.2) is 0 Å². The quantitative estimate of drug-likeness (QED) is 0.811. The molecule has 2 atom stereocenters. The smallest absolute Gasteiger partial charge is 0.407 e. The van der Waals surface area contributed by atoms with Gasteiger partial charge in [-0.3, -0.25) is 4.79 Å². The van der Waals surface area contributed by atoms with Gasteiger partial charge in [-0.2, -0.15) is 0 Å². The molecule has 0 bridgehead atoms. The number of amides is 2. The van der Waals surface area contributed by atoms with Crippen molar-refractivity contribution in [3.8, 4) is 0 Å². The fourth-order valence-electron chi connectivity index (χ4n) is 4.90. The number of carbonyl (C=O) groups is 2. The highest BCUT2D eigenvalue weighted by Gasteiger charge is 2.62. The van der Waals surface area contributed by atoms with Crippen LogP contribution >= 0.6 is 0 Å². The van der Waals surface area contributed by atoms with Crippen molar-refractivity contribution in [3.63, 3.8) is 0 Å². The van der Waals surface area contributed by atoms with Gasteiger partial charge in [-0.05, 0) is 48.6 Å². The summed E-state index contributed by atoms with van der Waals surface area (Å²) in [6.07, 6.45) is 3.13. The zero-order valence-corrected chi connectivity index (χ0v) is 17.2. The van der Waals surface area contributed by atoms with Crippen LogP contribution in [-0.2, 0) is 14.9 Å². The van der Waals surface area contributed by atoms with E-state index in [1.807, 2.05) is 6.92 Å². The molecule has 1 aromatic carbocycles. The number of ether oxygens (including phenoxy) is 1. The summed E-state index contributed by atoms with van der Waals surface area (Å²) in [5, 5.41) is 2.86. The van der Waals surface area contributed by atoms with Crippen LogP contribution in [0.5, 0.6) is 0 Å². The number of piperidine rings is 1. The molecule has 3 fully saturated rings. The number of carbonyl (C=O) groups excluding carboxylic acids is 2. The van der Waals surface area contributed by atoms with Crippen LogP contribution in [0.4, 0.5) is 4.79 Å². The molecule has 5 heteroatoms. The largest absolute Gasteiger partial charge is 0.450 e. The van der Waals surface area contributed by atoms with Crippen molar-refractivity contribution in [2.75, 3.05) is 19.7 Å². The van der Waals surface area contributed by atoms with Gasteiger partial charge in [0.1, 0.15) is 0 Å². The van der Waals surface area contributed by atoms with E-state index in [1.54, 1.807) is 0 Å². The van der Waals surface area contributed by atoms with Crippen molar-refractivity contribution >= 4 is 12.0 Å². The summed E-state index contributed by atoms with van der Waals surface area (Å²) in [6, 6.07) is 9.11. The van der Waals surface area contributed by atoms with Gasteiger partial charge >= 0.3 is 6.09 Å². The molecule has 4 rings (SSSR count). The number of nitrogens with one attached hydrogen (secondary N) is 1. The number of hydrogen-bond acceptors (Lipinski definition) is 3. The molecule has 1 aromatic rings. The second kappa shape index (κ2) is 7.41. The molecule has 2 saturated carbocycles. The molecule has 2 aliphatic carbocycles. The predicted molar refractivity (Wildman–Crippen MR) is 108 cm³/mol. The number of hydrogen-bond donors (Lipinski definition) is 1. The average Bonchev–Trinajstić information content (AvgIpc) is 3.23. The first kappa shape index (κ1) is 19.3. The van der Waals surface area contributed by atoms with Crippen molar-refractivity contribution in [2.24, 2.45) is 11.8 Å².